The van der Waals surface area contributed by atoms with E-state index >= 15 is 0 Å². The first-order valence-corrected chi connectivity index (χ1v) is 8.22. The first-order valence-electron chi connectivity index (χ1n) is 8.22. The highest BCUT2D eigenvalue weighted by atomic mass is 16.5. The van der Waals surface area contributed by atoms with Gasteiger partial charge in [0, 0.05) is 17.9 Å². The highest BCUT2D eigenvalue weighted by molar-refractivity contribution is 5.90. The van der Waals surface area contributed by atoms with Crippen LogP contribution in [0.1, 0.15) is 25.3 Å². The van der Waals surface area contributed by atoms with Gasteiger partial charge in [-0.15, -0.1) is 0 Å². The van der Waals surface area contributed by atoms with Crippen LogP contribution < -0.4 is 16.0 Å². The van der Waals surface area contributed by atoms with Gasteiger partial charge < -0.3 is 15.4 Å². The maximum atomic E-state index is 12.0. The topological polar surface area (TPSA) is 79.5 Å². The van der Waals surface area contributed by atoms with Crippen molar-refractivity contribution in [3.8, 4) is 0 Å². The molecule has 1 atom stereocenters. The summed E-state index contributed by atoms with van der Waals surface area (Å²) < 4.78 is 4.80. The third-order valence-electron chi connectivity index (χ3n) is 3.60. The highest BCUT2D eigenvalue weighted by Crippen LogP contribution is 2.15. The molecule has 0 fully saturated rings. The van der Waals surface area contributed by atoms with Crippen molar-refractivity contribution in [2.45, 2.75) is 19.8 Å². The molecule has 0 aromatic heterocycles. The molecule has 0 bridgehead atoms. The van der Waals surface area contributed by atoms with E-state index < -0.39 is 6.09 Å². The number of benzene rings is 2. The molecule has 6 nitrogen and oxygen atoms in total. The number of carbonyl (C=O) groups excluding carboxylic acids is 2. The standard InChI is InChI=1S/C19H23N3O3/c1-3-25-19(24)22-17-11-9-16(10-12-17)21-18(23)20-13-14(2)15-7-5-4-6-8-15/h4-12,14H,3,13H2,1-2H3,(H,22,24)(H2,20,21,23)/t14-/m0/s1. The van der Waals surface area contributed by atoms with E-state index in [2.05, 4.69) is 22.9 Å². The lowest BCUT2D eigenvalue weighted by atomic mass is 10.0. The van der Waals surface area contributed by atoms with Gasteiger partial charge in [-0.3, -0.25) is 5.32 Å². The Hall–Kier alpha value is -3.02. The fraction of sp³-hybridized carbons (Fsp3) is 0.263. The zero-order valence-corrected chi connectivity index (χ0v) is 14.4. The van der Waals surface area contributed by atoms with Crippen molar-refractivity contribution in [3.63, 3.8) is 0 Å². The average molecular weight is 341 g/mol. The fourth-order valence-electron chi connectivity index (χ4n) is 2.24. The summed E-state index contributed by atoms with van der Waals surface area (Å²) in [5.74, 6) is 0.225. The minimum Gasteiger partial charge on any atom is -0.450 e. The molecule has 0 radical (unpaired) electrons. The molecule has 2 aromatic carbocycles. The van der Waals surface area contributed by atoms with Crippen molar-refractivity contribution in [2.75, 3.05) is 23.8 Å². The quantitative estimate of drug-likeness (QED) is 0.737. The van der Waals surface area contributed by atoms with E-state index in [1.165, 1.54) is 5.56 Å². The number of nitrogens with one attached hydrogen (secondary N) is 3. The van der Waals surface area contributed by atoms with E-state index in [-0.39, 0.29) is 11.9 Å². The SMILES string of the molecule is CCOC(=O)Nc1ccc(NC(=O)NC[C@H](C)c2ccccc2)cc1. The van der Waals surface area contributed by atoms with Gasteiger partial charge in [0.1, 0.15) is 0 Å². The van der Waals surface area contributed by atoms with Crippen LogP contribution in [0.5, 0.6) is 0 Å². The van der Waals surface area contributed by atoms with Gasteiger partial charge in [-0.1, -0.05) is 37.3 Å². The van der Waals surface area contributed by atoms with Crippen molar-refractivity contribution in [3.05, 3.63) is 60.2 Å². The molecule has 0 spiro atoms. The van der Waals surface area contributed by atoms with Crippen LogP contribution in [0.25, 0.3) is 0 Å². The number of amides is 3. The summed E-state index contributed by atoms with van der Waals surface area (Å²) in [5, 5.41) is 8.21. The van der Waals surface area contributed by atoms with E-state index in [9.17, 15) is 9.59 Å². The minimum atomic E-state index is -0.504. The molecule has 0 aliphatic heterocycles. The molecule has 6 heteroatoms. The Morgan fingerprint density at radius 2 is 1.56 bits per heavy atom. The molecule has 0 heterocycles. The largest absolute Gasteiger partial charge is 0.450 e. The van der Waals surface area contributed by atoms with Gasteiger partial charge >= 0.3 is 12.1 Å². The maximum absolute atomic E-state index is 12.0. The molecule has 25 heavy (non-hydrogen) atoms. The van der Waals surface area contributed by atoms with Gasteiger partial charge in [0.2, 0.25) is 0 Å². The summed E-state index contributed by atoms with van der Waals surface area (Å²) in [6, 6.07) is 16.6. The lowest BCUT2D eigenvalue weighted by molar-refractivity contribution is 0.168. The molecule has 0 unspecified atom stereocenters. The Morgan fingerprint density at radius 1 is 0.960 bits per heavy atom. The molecular formula is C19H23N3O3. The van der Waals surface area contributed by atoms with Crippen LogP contribution in [0, 0.1) is 0 Å². The Bertz CT molecular complexity index is 687. The number of ether oxygens (including phenoxy) is 1. The lowest BCUT2D eigenvalue weighted by Crippen LogP contribution is -2.31. The highest BCUT2D eigenvalue weighted by Gasteiger charge is 2.08. The summed E-state index contributed by atoms with van der Waals surface area (Å²) in [4.78, 5) is 23.3. The van der Waals surface area contributed by atoms with Gasteiger partial charge in [0.25, 0.3) is 0 Å². The zero-order chi connectivity index (χ0) is 18.1. The summed E-state index contributed by atoms with van der Waals surface area (Å²) in [7, 11) is 0. The second-order valence-corrected chi connectivity index (χ2v) is 5.57. The van der Waals surface area contributed by atoms with Gasteiger partial charge in [-0.25, -0.2) is 9.59 Å². The number of hydrogen-bond donors (Lipinski definition) is 3. The van der Waals surface area contributed by atoms with Gasteiger partial charge in [0.05, 0.1) is 6.61 Å². The van der Waals surface area contributed by atoms with Crippen LogP contribution >= 0.6 is 0 Å². The van der Waals surface area contributed by atoms with Crippen LogP contribution in [-0.2, 0) is 4.74 Å². The summed E-state index contributed by atoms with van der Waals surface area (Å²) in [5.41, 5.74) is 2.42. The monoisotopic (exact) mass is 341 g/mol. The van der Waals surface area contributed by atoms with Crippen LogP contribution in [0.3, 0.4) is 0 Å². The molecule has 2 rings (SSSR count). The predicted octanol–water partition coefficient (Wildman–Crippen LogP) is 4.18. The Labute approximate surface area is 147 Å². The van der Waals surface area contributed by atoms with Crippen molar-refractivity contribution < 1.29 is 14.3 Å². The molecule has 132 valence electrons. The smallest absolute Gasteiger partial charge is 0.411 e. The molecule has 3 amide bonds. The second-order valence-electron chi connectivity index (χ2n) is 5.57. The first-order chi connectivity index (χ1) is 12.1. The van der Waals surface area contributed by atoms with Gasteiger partial charge in [-0.05, 0) is 42.7 Å². The molecule has 0 aliphatic carbocycles. The van der Waals surface area contributed by atoms with Crippen molar-refractivity contribution >= 4 is 23.5 Å². The lowest BCUT2D eigenvalue weighted by Gasteiger charge is -2.14. The first kappa shape index (κ1) is 18.3. The van der Waals surface area contributed by atoms with Gasteiger partial charge in [0.15, 0.2) is 0 Å². The van der Waals surface area contributed by atoms with Crippen molar-refractivity contribution in [1.82, 2.24) is 5.32 Å². The van der Waals surface area contributed by atoms with Crippen molar-refractivity contribution in [2.24, 2.45) is 0 Å². The fourth-order valence-corrected chi connectivity index (χ4v) is 2.24. The molecular weight excluding hydrogens is 318 g/mol. The summed E-state index contributed by atoms with van der Waals surface area (Å²) in [6.45, 7) is 4.65. The molecule has 0 aliphatic rings. The van der Waals surface area contributed by atoms with Crippen LogP contribution in [-0.4, -0.2) is 25.3 Å². The van der Waals surface area contributed by atoms with Crippen LogP contribution in [0.15, 0.2) is 54.6 Å². The third-order valence-corrected chi connectivity index (χ3v) is 3.60. The van der Waals surface area contributed by atoms with Crippen LogP contribution in [0.2, 0.25) is 0 Å². The van der Waals surface area contributed by atoms with E-state index in [1.54, 1.807) is 31.2 Å². The third kappa shape index (κ3) is 6.18. The molecule has 3 N–H and O–H groups in total. The van der Waals surface area contributed by atoms with E-state index in [0.717, 1.165) is 0 Å². The van der Waals surface area contributed by atoms with Crippen LogP contribution in [0.4, 0.5) is 21.0 Å². The normalized spacial score (nSPS) is 11.3. The molecule has 2 aromatic rings. The minimum absolute atomic E-state index is 0.225. The number of anilines is 2. The molecule has 0 saturated carbocycles. The Kier molecular flexibility index (Phi) is 6.83. The number of urea groups is 1. The number of hydrogen-bond acceptors (Lipinski definition) is 3. The van der Waals surface area contributed by atoms with E-state index in [0.29, 0.717) is 24.5 Å². The Morgan fingerprint density at radius 3 is 2.16 bits per heavy atom. The number of carbonyl (C=O) groups is 2. The summed E-state index contributed by atoms with van der Waals surface area (Å²) in [6.07, 6.45) is -0.504. The van der Waals surface area contributed by atoms with E-state index in [1.807, 2.05) is 30.3 Å². The molecule has 0 saturated heterocycles. The predicted molar refractivity (Wildman–Crippen MR) is 99.0 cm³/mol. The Balaban J connectivity index is 1.79. The van der Waals surface area contributed by atoms with E-state index in [4.69, 9.17) is 4.74 Å². The second kappa shape index (κ2) is 9.32. The van der Waals surface area contributed by atoms with Crippen molar-refractivity contribution in [1.29, 1.82) is 0 Å². The number of rotatable bonds is 6. The maximum Gasteiger partial charge on any atom is 0.411 e. The average Bonchev–Trinajstić information content (AvgIpc) is 2.62. The van der Waals surface area contributed by atoms with Gasteiger partial charge in [-0.2, -0.15) is 0 Å². The zero-order valence-electron chi connectivity index (χ0n) is 14.4. The summed E-state index contributed by atoms with van der Waals surface area (Å²) >= 11 is 0.